The molecule has 0 heterocycles. The molecule has 0 atom stereocenters. The molecule has 2 rings (SSSR count). The molecule has 0 saturated heterocycles. The van der Waals surface area contributed by atoms with Gasteiger partial charge in [0.25, 0.3) is 0 Å². The number of nitrogens with zero attached hydrogens (tertiary/aromatic N) is 1. The number of nitriles is 1. The van der Waals surface area contributed by atoms with Crippen molar-refractivity contribution in [1.29, 1.82) is 5.26 Å². The predicted octanol–water partition coefficient (Wildman–Crippen LogP) is 4.80. The lowest BCUT2D eigenvalue weighted by Gasteiger charge is -2.08. The Morgan fingerprint density at radius 3 is 2.27 bits per heavy atom. The highest BCUT2D eigenvalue weighted by Crippen LogP contribution is 2.53. The van der Waals surface area contributed by atoms with Crippen molar-refractivity contribution in [2.24, 2.45) is 0 Å². The van der Waals surface area contributed by atoms with Crippen LogP contribution in [0.1, 0.15) is 12.8 Å². The standard InChI is InChI=1S/C10H6Cl3NS/c11-6-3-8(13)9(4-7(6)12)15-10(5-14)1-2-10/h3-4H,1-2H2. The van der Waals surface area contributed by atoms with Gasteiger partial charge in [-0.3, -0.25) is 0 Å². The summed E-state index contributed by atoms with van der Waals surface area (Å²) in [5.74, 6) is 0. The molecule has 0 aliphatic heterocycles. The first-order valence-corrected chi connectivity index (χ1v) is 6.26. The number of hydrogen-bond donors (Lipinski definition) is 0. The van der Waals surface area contributed by atoms with Crippen molar-refractivity contribution in [3.8, 4) is 6.07 Å². The average Bonchev–Trinajstić information content (AvgIpc) is 2.95. The van der Waals surface area contributed by atoms with Gasteiger partial charge in [0.2, 0.25) is 0 Å². The molecule has 78 valence electrons. The SMILES string of the molecule is N#CC1(Sc2cc(Cl)c(Cl)cc2Cl)CC1. The van der Waals surface area contributed by atoms with E-state index in [0.717, 1.165) is 17.7 Å². The zero-order valence-electron chi connectivity index (χ0n) is 7.56. The Bertz CT molecular complexity index is 449. The minimum Gasteiger partial charge on any atom is -0.197 e. The summed E-state index contributed by atoms with van der Waals surface area (Å²) in [6.45, 7) is 0. The second kappa shape index (κ2) is 4.07. The van der Waals surface area contributed by atoms with Crippen molar-refractivity contribution in [3.05, 3.63) is 27.2 Å². The largest absolute Gasteiger partial charge is 0.197 e. The molecule has 15 heavy (non-hydrogen) atoms. The van der Waals surface area contributed by atoms with Crippen molar-refractivity contribution in [1.82, 2.24) is 0 Å². The quantitative estimate of drug-likeness (QED) is 0.726. The fourth-order valence-corrected chi connectivity index (χ4v) is 2.98. The number of benzene rings is 1. The molecular formula is C10H6Cl3NS. The average molecular weight is 279 g/mol. The maximum atomic E-state index is 8.96. The summed E-state index contributed by atoms with van der Waals surface area (Å²) in [5, 5.41) is 10.4. The van der Waals surface area contributed by atoms with Gasteiger partial charge in [-0.1, -0.05) is 34.8 Å². The molecule has 0 aromatic heterocycles. The molecule has 1 aromatic carbocycles. The van der Waals surface area contributed by atoms with Gasteiger partial charge in [0.1, 0.15) is 4.75 Å². The summed E-state index contributed by atoms with van der Waals surface area (Å²) in [7, 11) is 0. The topological polar surface area (TPSA) is 23.8 Å². The van der Waals surface area contributed by atoms with Gasteiger partial charge in [0, 0.05) is 4.90 Å². The lowest BCUT2D eigenvalue weighted by atomic mass is 10.3. The summed E-state index contributed by atoms with van der Waals surface area (Å²) in [6.07, 6.45) is 1.81. The van der Waals surface area contributed by atoms with Crippen LogP contribution in [0.25, 0.3) is 0 Å². The Kier molecular flexibility index (Phi) is 3.10. The Morgan fingerprint density at radius 1 is 1.13 bits per heavy atom. The first-order valence-electron chi connectivity index (χ1n) is 4.31. The van der Waals surface area contributed by atoms with Crippen LogP contribution in [0, 0.1) is 11.3 Å². The molecule has 1 aliphatic carbocycles. The smallest absolute Gasteiger partial charge is 0.107 e. The second-order valence-electron chi connectivity index (χ2n) is 3.40. The van der Waals surface area contributed by atoms with Crippen molar-refractivity contribution >= 4 is 46.6 Å². The van der Waals surface area contributed by atoms with Gasteiger partial charge < -0.3 is 0 Å². The maximum Gasteiger partial charge on any atom is 0.107 e. The molecule has 1 fully saturated rings. The van der Waals surface area contributed by atoms with Crippen LogP contribution in [0.5, 0.6) is 0 Å². The maximum absolute atomic E-state index is 8.96. The van der Waals surface area contributed by atoms with Crippen LogP contribution >= 0.6 is 46.6 Å². The molecule has 0 amide bonds. The van der Waals surface area contributed by atoms with E-state index in [1.54, 1.807) is 12.1 Å². The first kappa shape index (κ1) is 11.4. The van der Waals surface area contributed by atoms with Gasteiger partial charge in [-0.15, -0.1) is 11.8 Å². The normalized spacial score (nSPS) is 17.2. The van der Waals surface area contributed by atoms with Crippen molar-refractivity contribution in [2.75, 3.05) is 0 Å². The van der Waals surface area contributed by atoms with E-state index in [1.165, 1.54) is 11.8 Å². The third kappa shape index (κ3) is 2.37. The van der Waals surface area contributed by atoms with E-state index in [4.69, 9.17) is 40.1 Å². The third-order valence-electron chi connectivity index (χ3n) is 2.19. The summed E-state index contributed by atoms with van der Waals surface area (Å²) >= 11 is 19.2. The van der Waals surface area contributed by atoms with E-state index < -0.39 is 0 Å². The third-order valence-corrected chi connectivity index (χ3v) is 4.78. The molecule has 0 radical (unpaired) electrons. The number of hydrogen-bond acceptors (Lipinski definition) is 2. The van der Waals surface area contributed by atoms with E-state index in [0.29, 0.717) is 15.1 Å². The number of thioether (sulfide) groups is 1. The fraction of sp³-hybridized carbons (Fsp3) is 0.300. The van der Waals surface area contributed by atoms with E-state index in [2.05, 4.69) is 6.07 Å². The Hall–Kier alpha value is -0.0700. The highest BCUT2D eigenvalue weighted by molar-refractivity contribution is 8.01. The minimum atomic E-state index is -0.291. The van der Waals surface area contributed by atoms with Crippen LogP contribution in [0.15, 0.2) is 17.0 Å². The van der Waals surface area contributed by atoms with E-state index in [9.17, 15) is 0 Å². The van der Waals surface area contributed by atoms with Gasteiger partial charge in [0.15, 0.2) is 0 Å². The van der Waals surface area contributed by atoms with Gasteiger partial charge in [-0.05, 0) is 25.0 Å². The lowest BCUT2D eigenvalue weighted by Crippen LogP contribution is -1.96. The Balaban J connectivity index is 2.30. The summed E-state index contributed by atoms with van der Waals surface area (Å²) in [4.78, 5) is 0.824. The summed E-state index contributed by atoms with van der Waals surface area (Å²) in [6, 6.07) is 5.62. The molecular weight excluding hydrogens is 273 g/mol. The highest BCUT2D eigenvalue weighted by atomic mass is 35.5. The van der Waals surface area contributed by atoms with Crippen LogP contribution in [-0.4, -0.2) is 4.75 Å². The zero-order chi connectivity index (χ0) is 11.1. The van der Waals surface area contributed by atoms with Gasteiger partial charge in [-0.25, -0.2) is 0 Å². The fourth-order valence-electron chi connectivity index (χ4n) is 1.14. The van der Waals surface area contributed by atoms with Crippen LogP contribution < -0.4 is 0 Å². The molecule has 0 spiro atoms. The van der Waals surface area contributed by atoms with Gasteiger partial charge >= 0.3 is 0 Å². The lowest BCUT2D eigenvalue weighted by molar-refractivity contribution is 1.19. The molecule has 0 N–H and O–H groups in total. The van der Waals surface area contributed by atoms with Gasteiger partial charge in [0.05, 0.1) is 21.1 Å². The van der Waals surface area contributed by atoms with Crippen molar-refractivity contribution in [3.63, 3.8) is 0 Å². The van der Waals surface area contributed by atoms with Crippen molar-refractivity contribution in [2.45, 2.75) is 22.5 Å². The van der Waals surface area contributed by atoms with Crippen LogP contribution in [0.2, 0.25) is 15.1 Å². The zero-order valence-corrected chi connectivity index (χ0v) is 10.6. The molecule has 0 bridgehead atoms. The first-order chi connectivity index (χ1) is 7.06. The highest BCUT2D eigenvalue weighted by Gasteiger charge is 2.44. The summed E-state index contributed by atoms with van der Waals surface area (Å²) in [5.41, 5.74) is 0. The predicted molar refractivity (Wildman–Crippen MR) is 64.9 cm³/mol. The van der Waals surface area contributed by atoms with Crippen LogP contribution in [0.4, 0.5) is 0 Å². The van der Waals surface area contributed by atoms with E-state index in [-0.39, 0.29) is 4.75 Å². The van der Waals surface area contributed by atoms with Crippen LogP contribution in [0.3, 0.4) is 0 Å². The van der Waals surface area contributed by atoms with E-state index in [1.807, 2.05) is 0 Å². The number of rotatable bonds is 2. The molecule has 5 heteroatoms. The van der Waals surface area contributed by atoms with E-state index >= 15 is 0 Å². The second-order valence-corrected chi connectivity index (χ2v) is 6.05. The molecule has 0 unspecified atom stereocenters. The molecule has 1 aliphatic rings. The van der Waals surface area contributed by atoms with Gasteiger partial charge in [-0.2, -0.15) is 5.26 Å². The monoisotopic (exact) mass is 277 g/mol. The Morgan fingerprint density at radius 2 is 1.73 bits per heavy atom. The molecule has 1 aromatic rings. The number of halogens is 3. The minimum absolute atomic E-state index is 0.291. The summed E-state index contributed by atoms with van der Waals surface area (Å²) < 4.78 is -0.291. The van der Waals surface area contributed by atoms with Crippen LogP contribution in [-0.2, 0) is 0 Å². The molecule has 1 nitrogen and oxygen atoms in total. The molecule has 1 saturated carbocycles. The Labute approximate surface area is 107 Å². The van der Waals surface area contributed by atoms with Crippen molar-refractivity contribution < 1.29 is 0 Å².